The van der Waals surface area contributed by atoms with Crippen molar-refractivity contribution in [2.45, 2.75) is 25.3 Å². The van der Waals surface area contributed by atoms with Crippen molar-refractivity contribution in [1.29, 1.82) is 0 Å². The number of hydrogen-bond donors (Lipinski definition) is 2. The maximum absolute atomic E-state index is 14.0. The first-order chi connectivity index (χ1) is 10.1. The number of rotatable bonds is 5. The van der Waals surface area contributed by atoms with Crippen LogP contribution in [-0.4, -0.2) is 32.7 Å². The van der Waals surface area contributed by atoms with Crippen molar-refractivity contribution >= 4 is 18.3 Å². The predicted octanol–water partition coefficient (Wildman–Crippen LogP) is 2.12. The van der Waals surface area contributed by atoms with Crippen molar-refractivity contribution < 1.29 is 18.7 Å². The van der Waals surface area contributed by atoms with Gasteiger partial charge in [-0.25, -0.2) is 4.39 Å². The molecular weight excluding hydrogens is 311 g/mol. The number of halogens is 2. The zero-order valence-corrected chi connectivity index (χ0v) is 13.5. The number of hydrogen-bond acceptors (Lipinski definition) is 4. The monoisotopic (exact) mass is 332 g/mol. The highest BCUT2D eigenvalue weighted by molar-refractivity contribution is 5.95. The minimum Gasteiger partial charge on any atom is -0.493 e. The smallest absolute Gasteiger partial charge is 0.254 e. The van der Waals surface area contributed by atoms with Gasteiger partial charge in [-0.05, 0) is 31.4 Å². The molecule has 0 aliphatic heterocycles. The van der Waals surface area contributed by atoms with Crippen LogP contribution >= 0.6 is 12.4 Å². The molecule has 1 fully saturated rings. The van der Waals surface area contributed by atoms with Gasteiger partial charge in [-0.3, -0.25) is 4.79 Å². The Balaban J connectivity index is 0.00000242. The summed E-state index contributed by atoms with van der Waals surface area (Å²) in [6.45, 7) is 0.527. The Morgan fingerprint density at radius 3 is 2.55 bits per heavy atom. The summed E-state index contributed by atoms with van der Waals surface area (Å²) in [4.78, 5) is 12.3. The van der Waals surface area contributed by atoms with Crippen LogP contribution in [0.3, 0.4) is 0 Å². The third kappa shape index (κ3) is 3.81. The van der Waals surface area contributed by atoms with Gasteiger partial charge in [-0.1, -0.05) is 6.42 Å². The SMILES string of the molecule is COc1cc(F)c(C(=O)NC2CCCC2CN)cc1OC.Cl. The van der Waals surface area contributed by atoms with Crippen molar-refractivity contribution in [2.75, 3.05) is 20.8 Å². The Labute approximate surface area is 135 Å². The van der Waals surface area contributed by atoms with E-state index in [-0.39, 0.29) is 35.7 Å². The van der Waals surface area contributed by atoms with Crippen molar-refractivity contribution in [2.24, 2.45) is 11.7 Å². The maximum atomic E-state index is 14.0. The van der Waals surface area contributed by atoms with Crippen molar-refractivity contribution in [1.82, 2.24) is 5.32 Å². The van der Waals surface area contributed by atoms with Crippen LogP contribution in [0.4, 0.5) is 4.39 Å². The number of carbonyl (C=O) groups excluding carboxylic acids is 1. The van der Waals surface area contributed by atoms with Crippen LogP contribution in [0.15, 0.2) is 12.1 Å². The molecule has 0 radical (unpaired) electrons. The van der Waals surface area contributed by atoms with E-state index in [1.165, 1.54) is 20.3 Å². The standard InChI is InChI=1S/C15H21FN2O3.ClH/c1-20-13-6-10(11(16)7-14(13)21-2)15(19)18-12-5-3-4-9(12)8-17;/h6-7,9,12H,3-5,8,17H2,1-2H3,(H,18,19);1H. The van der Waals surface area contributed by atoms with Crippen LogP contribution < -0.4 is 20.5 Å². The lowest BCUT2D eigenvalue weighted by molar-refractivity contribution is 0.0924. The minimum atomic E-state index is -0.632. The van der Waals surface area contributed by atoms with E-state index in [1.54, 1.807) is 0 Å². The molecule has 0 spiro atoms. The average molecular weight is 333 g/mol. The molecule has 3 N–H and O–H groups in total. The summed E-state index contributed by atoms with van der Waals surface area (Å²) in [5, 5.41) is 2.87. The fourth-order valence-electron chi connectivity index (χ4n) is 2.78. The number of ether oxygens (including phenoxy) is 2. The highest BCUT2D eigenvalue weighted by atomic mass is 35.5. The molecule has 1 aromatic rings. The van der Waals surface area contributed by atoms with Crippen LogP contribution in [-0.2, 0) is 0 Å². The molecule has 0 saturated heterocycles. The minimum absolute atomic E-state index is 0. The first-order valence-corrected chi connectivity index (χ1v) is 7.03. The predicted molar refractivity (Wildman–Crippen MR) is 84.4 cm³/mol. The lowest BCUT2D eigenvalue weighted by atomic mass is 10.0. The fraction of sp³-hybridized carbons (Fsp3) is 0.533. The Morgan fingerprint density at radius 1 is 1.32 bits per heavy atom. The molecule has 7 heteroatoms. The number of nitrogens with one attached hydrogen (secondary N) is 1. The first-order valence-electron chi connectivity index (χ1n) is 7.03. The number of amides is 1. The van der Waals surface area contributed by atoms with Gasteiger partial charge in [0.15, 0.2) is 11.5 Å². The van der Waals surface area contributed by atoms with E-state index in [2.05, 4.69) is 5.32 Å². The van der Waals surface area contributed by atoms with E-state index in [9.17, 15) is 9.18 Å². The van der Waals surface area contributed by atoms with Gasteiger partial charge < -0.3 is 20.5 Å². The van der Waals surface area contributed by atoms with Crippen LogP contribution in [0.2, 0.25) is 0 Å². The molecular formula is C15H22ClFN2O3. The normalized spacial score (nSPS) is 20.2. The molecule has 0 aromatic heterocycles. The van der Waals surface area contributed by atoms with E-state index in [0.717, 1.165) is 25.3 Å². The molecule has 1 aliphatic carbocycles. The van der Waals surface area contributed by atoms with Crippen molar-refractivity contribution in [3.8, 4) is 11.5 Å². The Bertz CT molecular complexity index is 528. The van der Waals surface area contributed by atoms with Gasteiger partial charge in [0.25, 0.3) is 5.91 Å². The molecule has 1 amide bonds. The average Bonchev–Trinajstić information content (AvgIpc) is 2.93. The van der Waals surface area contributed by atoms with Gasteiger partial charge in [-0.2, -0.15) is 0 Å². The third-order valence-electron chi connectivity index (χ3n) is 4.00. The summed E-state index contributed by atoms with van der Waals surface area (Å²) in [7, 11) is 2.86. The second kappa shape index (κ2) is 8.19. The molecule has 5 nitrogen and oxygen atoms in total. The van der Waals surface area contributed by atoms with Gasteiger partial charge >= 0.3 is 0 Å². The molecule has 2 atom stereocenters. The van der Waals surface area contributed by atoms with E-state index < -0.39 is 11.7 Å². The lowest BCUT2D eigenvalue weighted by Crippen LogP contribution is -2.40. The second-order valence-corrected chi connectivity index (χ2v) is 5.19. The Hall–Kier alpha value is -1.53. The topological polar surface area (TPSA) is 73.6 Å². The number of nitrogens with two attached hydrogens (primary N) is 1. The summed E-state index contributed by atoms with van der Waals surface area (Å²) in [5.41, 5.74) is 5.64. The number of carbonyl (C=O) groups is 1. The van der Waals surface area contributed by atoms with E-state index in [0.29, 0.717) is 12.3 Å². The highest BCUT2D eigenvalue weighted by Gasteiger charge is 2.28. The van der Waals surface area contributed by atoms with E-state index in [4.69, 9.17) is 15.2 Å². The molecule has 0 heterocycles. The molecule has 1 aliphatic rings. The number of benzene rings is 1. The highest BCUT2D eigenvalue weighted by Crippen LogP contribution is 2.30. The molecule has 1 saturated carbocycles. The van der Waals surface area contributed by atoms with Gasteiger partial charge in [0.1, 0.15) is 5.82 Å². The van der Waals surface area contributed by atoms with Crippen LogP contribution in [0.25, 0.3) is 0 Å². The van der Waals surface area contributed by atoms with Gasteiger partial charge in [0.05, 0.1) is 19.8 Å². The summed E-state index contributed by atoms with van der Waals surface area (Å²) in [5.74, 6) is -0.235. The summed E-state index contributed by atoms with van der Waals surface area (Å²) >= 11 is 0. The van der Waals surface area contributed by atoms with Crippen LogP contribution in [0.5, 0.6) is 11.5 Å². The quantitative estimate of drug-likeness (QED) is 0.866. The summed E-state index contributed by atoms with van der Waals surface area (Å²) in [6.07, 6.45) is 2.90. The maximum Gasteiger partial charge on any atom is 0.254 e. The van der Waals surface area contributed by atoms with Gasteiger partial charge in [-0.15, -0.1) is 12.4 Å². The Morgan fingerprint density at radius 2 is 1.95 bits per heavy atom. The zero-order valence-electron chi connectivity index (χ0n) is 12.7. The van der Waals surface area contributed by atoms with Crippen molar-refractivity contribution in [3.05, 3.63) is 23.5 Å². The second-order valence-electron chi connectivity index (χ2n) is 5.19. The lowest BCUT2D eigenvalue weighted by Gasteiger charge is -2.20. The Kier molecular flexibility index (Phi) is 6.90. The molecule has 1 aromatic carbocycles. The van der Waals surface area contributed by atoms with Gasteiger partial charge in [0, 0.05) is 12.1 Å². The van der Waals surface area contributed by atoms with Crippen LogP contribution in [0, 0.1) is 11.7 Å². The largest absolute Gasteiger partial charge is 0.493 e. The molecule has 2 unspecified atom stereocenters. The van der Waals surface area contributed by atoms with E-state index >= 15 is 0 Å². The molecule has 22 heavy (non-hydrogen) atoms. The third-order valence-corrected chi connectivity index (χ3v) is 4.00. The molecule has 0 bridgehead atoms. The first kappa shape index (κ1) is 18.5. The number of methoxy groups -OCH3 is 2. The van der Waals surface area contributed by atoms with Gasteiger partial charge in [0.2, 0.25) is 0 Å². The van der Waals surface area contributed by atoms with Crippen LogP contribution in [0.1, 0.15) is 29.6 Å². The van der Waals surface area contributed by atoms with E-state index in [1.807, 2.05) is 0 Å². The van der Waals surface area contributed by atoms with Crippen molar-refractivity contribution in [3.63, 3.8) is 0 Å². The summed E-state index contributed by atoms with van der Waals surface area (Å²) in [6, 6.07) is 2.52. The summed E-state index contributed by atoms with van der Waals surface area (Å²) < 4.78 is 24.1. The fourth-order valence-corrected chi connectivity index (χ4v) is 2.78. The zero-order chi connectivity index (χ0) is 15.4. The molecule has 124 valence electrons. The molecule has 2 rings (SSSR count).